The number of unbranched alkanes of at least 4 members (excludes halogenated alkanes) is 1. The fourth-order valence-electron chi connectivity index (χ4n) is 2.86. The van der Waals surface area contributed by atoms with Crippen molar-refractivity contribution in [2.45, 2.75) is 46.6 Å². The Balaban J connectivity index is 2.36. The van der Waals surface area contributed by atoms with Gasteiger partial charge in [0.05, 0.1) is 0 Å². The number of hydrogen-bond donors (Lipinski definition) is 2. The van der Waals surface area contributed by atoms with E-state index in [4.69, 9.17) is 10.5 Å². The van der Waals surface area contributed by atoms with E-state index in [9.17, 15) is 14.4 Å². The Kier molecular flexibility index (Phi) is 8.06. The first-order valence-corrected chi connectivity index (χ1v) is 9.96. The van der Waals surface area contributed by atoms with E-state index in [0.717, 1.165) is 12.8 Å². The van der Waals surface area contributed by atoms with Crippen LogP contribution in [0.15, 0.2) is 39.9 Å². The molecule has 3 N–H and O–H groups in total. The summed E-state index contributed by atoms with van der Waals surface area (Å²) in [6.45, 7) is 6.48. The van der Waals surface area contributed by atoms with Gasteiger partial charge in [0, 0.05) is 13.1 Å². The lowest BCUT2D eigenvalue weighted by Crippen LogP contribution is -2.43. The van der Waals surface area contributed by atoms with Crippen LogP contribution in [0, 0.1) is 5.92 Å². The van der Waals surface area contributed by atoms with Crippen LogP contribution in [0.25, 0.3) is 0 Å². The van der Waals surface area contributed by atoms with Crippen LogP contribution in [0.2, 0.25) is 0 Å². The Morgan fingerprint density at radius 2 is 1.93 bits per heavy atom. The van der Waals surface area contributed by atoms with Gasteiger partial charge in [0.1, 0.15) is 11.6 Å². The number of ether oxygens (including phenoxy) is 1. The first kappa shape index (κ1) is 22.3. The molecule has 0 aliphatic carbocycles. The van der Waals surface area contributed by atoms with Crippen LogP contribution in [0.4, 0.5) is 11.5 Å². The van der Waals surface area contributed by atoms with Crippen molar-refractivity contribution in [1.29, 1.82) is 0 Å². The molecule has 0 atom stereocenters. The van der Waals surface area contributed by atoms with Crippen molar-refractivity contribution in [3.63, 3.8) is 0 Å². The molecule has 2 aromatic rings. The van der Waals surface area contributed by atoms with E-state index < -0.39 is 17.2 Å². The minimum Gasteiger partial charge on any atom is -0.484 e. The van der Waals surface area contributed by atoms with E-state index in [1.807, 2.05) is 39.0 Å². The van der Waals surface area contributed by atoms with Gasteiger partial charge in [-0.15, -0.1) is 0 Å². The van der Waals surface area contributed by atoms with E-state index in [0.29, 0.717) is 31.2 Å². The zero-order valence-electron chi connectivity index (χ0n) is 17.3. The van der Waals surface area contributed by atoms with Crippen LogP contribution in [0.5, 0.6) is 5.75 Å². The van der Waals surface area contributed by atoms with Crippen molar-refractivity contribution in [3.05, 3.63) is 51.2 Å². The van der Waals surface area contributed by atoms with Gasteiger partial charge in [-0.05, 0) is 30.9 Å². The number of carbonyl (C=O) groups is 1. The van der Waals surface area contributed by atoms with Crippen molar-refractivity contribution in [3.8, 4) is 5.75 Å². The summed E-state index contributed by atoms with van der Waals surface area (Å²) < 4.78 is 6.88. The van der Waals surface area contributed by atoms with Gasteiger partial charge in [0.2, 0.25) is 0 Å². The molecule has 0 saturated heterocycles. The van der Waals surface area contributed by atoms with Crippen LogP contribution < -0.4 is 26.6 Å². The monoisotopic (exact) mass is 402 g/mol. The second-order valence-corrected chi connectivity index (χ2v) is 7.33. The van der Waals surface area contributed by atoms with Gasteiger partial charge in [0.15, 0.2) is 12.3 Å². The third-order valence-electron chi connectivity index (χ3n) is 4.56. The van der Waals surface area contributed by atoms with Crippen molar-refractivity contribution in [2.75, 3.05) is 23.8 Å². The normalized spacial score (nSPS) is 10.9. The lowest BCUT2D eigenvalue weighted by molar-refractivity contribution is -0.120. The number of nitrogens with zero attached hydrogens (tertiary/aromatic N) is 2. The summed E-state index contributed by atoms with van der Waals surface area (Å²) >= 11 is 0. The number of anilines is 2. The number of carbonyl (C=O) groups excluding carboxylic acids is 1. The second-order valence-electron chi connectivity index (χ2n) is 7.33. The number of para-hydroxylation sites is 1. The van der Waals surface area contributed by atoms with Crippen LogP contribution in [0.1, 0.15) is 40.0 Å². The first-order valence-electron chi connectivity index (χ1n) is 9.96. The molecular formula is C21H30N4O4. The van der Waals surface area contributed by atoms with Gasteiger partial charge in [-0.25, -0.2) is 4.79 Å². The van der Waals surface area contributed by atoms with Crippen molar-refractivity contribution < 1.29 is 9.53 Å². The summed E-state index contributed by atoms with van der Waals surface area (Å²) in [5.41, 5.74) is 4.95. The molecule has 1 heterocycles. The molecule has 8 heteroatoms. The maximum atomic E-state index is 12.9. The number of benzene rings is 1. The molecule has 0 fully saturated rings. The van der Waals surface area contributed by atoms with Crippen LogP contribution >= 0.6 is 0 Å². The molecular weight excluding hydrogens is 372 g/mol. The lowest BCUT2D eigenvalue weighted by atomic mass is 10.1. The number of nitrogens with two attached hydrogens (primary N) is 1. The highest BCUT2D eigenvalue weighted by Crippen LogP contribution is 2.19. The Bertz CT molecular complexity index is 919. The molecule has 0 saturated carbocycles. The van der Waals surface area contributed by atoms with E-state index in [1.54, 1.807) is 12.1 Å². The predicted octanol–water partition coefficient (Wildman–Crippen LogP) is 2.38. The van der Waals surface area contributed by atoms with Crippen LogP contribution in [0.3, 0.4) is 0 Å². The van der Waals surface area contributed by atoms with E-state index in [1.165, 1.54) is 9.47 Å². The number of rotatable bonds is 10. The van der Waals surface area contributed by atoms with E-state index in [-0.39, 0.29) is 18.1 Å². The van der Waals surface area contributed by atoms with Crippen molar-refractivity contribution in [1.82, 2.24) is 9.55 Å². The average molecular weight is 402 g/mol. The molecule has 2 rings (SSSR count). The molecule has 0 aliphatic rings. The molecule has 0 bridgehead atoms. The third kappa shape index (κ3) is 5.97. The quantitative estimate of drug-likeness (QED) is 0.634. The SMILES string of the molecule is CCCCn1c(N)c(N(CCC(C)C)C(=O)COc2ccccc2)c(=O)[nH]c1=O. The van der Waals surface area contributed by atoms with Gasteiger partial charge in [-0.3, -0.25) is 19.1 Å². The zero-order valence-corrected chi connectivity index (χ0v) is 17.3. The van der Waals surface area contributed by atoms with Gasteiger partial charge in [-0.1, -0.05) is 45.4 Å². The fourth-order valence-corrected chi connectivity index (χ4v) is 2.86. The van der Waals surface area contributed by atoms with Crippen LogP contribution in [-0.2, 0) is 11.3 Å². The topological polar surface area (TPSA) is 110 Å². The standard InChI is InChI=1S/C21H30N4O4/c1-4-5-12-25-19(22)18(20(27)23-21(25)28)24(13-11-15(2)3)17(26)14-29-16-9-7-6-8-10-16/h6-10,15H,4-5,11-14,22H2,1-3H3,(H,23,27,28). The summed E-state index contributed by atoms with van der Waals surface area (Å²) in [4.78, 5) is 41.3. The average Bonchev–Trinajstić information content (AvgIpc) is 2.69. The molecule has 1 aromatic heterocycles. The van der Waals surface area contributed by atoms with E-state index >= 15 is 0 Å². The van der Waals surface area contributed by atoms with Gasteiger partial charge >= 0.3 is 5.69 Å². The molecule has 8 nitrogen and oxygen atoms in total. The number of hydrogen-bond acceptors (Lipinski definition) is 5. The Morgan fingerprint density at radius 3 is 2.55 bits per heavy atom. The highest BCUT2D eigenvalue weighted by molar-refractivity contribution is 5.96. The highest BCUT2D eigenvalue weighted by atomic mass is 16.5. The highest BCUT2D eigenvalue weighted by Gasteiger charge is 2.24. The van der Waals surface area contributed by atoms with Gasteiger partial charge < -0.3 is 15.4 Å². The Hall–Kier alpha value is -3.03. The summed E-state index contributed by atoms with van der Waals surface area (Å²) in [7, 11) is 0. The number of aromatic nitrogens is 2. The van der Waals surface area contributed by atoms with Gasteiger partial charge in [0.25, 0.3) is 11.5 Å². The molecule has 1 amide bonds. The smallest absolute Gasteiger partial charge is 0.330 e. The predicted molar refractivity (Wildman–Crippen MR) is 114 cm³/mol. The zero-order chi connectivity index (χ0) is 21.4. The summed E-state index contributed by atoms with van der Waals surface area (Å²) in [5, 5.41) is 0. The van der Waals surface area contributed by atoms with Crippen molar-refractivity contribution >= 4 is 17.4 Å². The van der Waals surface area contributed by atoms with E-state index in [2.05, 4.69) is 4.98 Å². The lowest BCUT2D eigenvalue weighted by Gasteiger charge is -2.25. The minimum absolute atomic E-state index is 0.00279. The third-order valence-corrected chi connectivity index (χ3v) is 4.56. The largest absolute Gasteiger partial charge is 0.484 e. The molecule has 29 heavy (non-hydrogen) atoms. The van der Waals surface area contributed by atoms with Crippen molar-refractivity contribution in [2.24, 2.45) is 5.92 Å². The van der Waals surface area contributed by atoms with Gasteiger partial charge in [-0.2, -0.15) is 0 Å². The second kappa shape index (κ2) is 10.5. The maximum absolute atomic E-state index is 12.9. The molecule has 0 spiro atoms. The fraction of sp³-hybridized carbons (Fsp3) is 0.476. The first-order chi connectivity index (χ1) is 13.8. The number of aromatic amines is 1. The number of H-pyrrole nitrogens is 1. The Morgan fingerprint density at radius 1 is 1.24 bits per heavy atom. The minimum atomic E-state index is -0.669. The van der Waals surface area contributed by atoms with Crippen LogP contribution in [-0.4, -0.2) is 28.6 Å². The molecule has 0 unspecified atom stereocenters. The molecule has 0 radical (unpaired) electrons. The maximum Gasteiger partial charge on any atom is 0.330 e. The summed E-state index contributed by atoms with van der Waals surface area (Å²) in [5.74, 6) is 0.475. The summed E-state index contributed by atoms with van der Waals surface area (Å²) in [6, 6.07) is 8.96. The molecule has 158 valence electrons. The molecule has 0 aliphatic heterocycles. The Labute approximate surface area is 170 Å². The molecule has 1 aromatic carbocycles. The number of nitrogens with one attached hydrogen (secondary N) is 1. The number of nitrogen functional groups attached to an aromatic ring is 1. The number of amides is 1. The summed E-state index contributed by atoms with van der Waals surface area (Å²) in [6.07, 6.45) is 2.26.